The molecule has 2 N–H and O–H groups in total. The van der Waals surface area contributed by atoms with E-state index in [-0.39, 0.29) is 41.1 Å². The monoisotopic (exact) mass is 654 g/mol. The Hall–Kier alpha value is -2.70. The number of nitrogens with one attached hydrogen (secondary N) is 2. The minimum absolute atomic E-state index is 0.00375. The Morgan fingerprint density at radius 3 is 2.36 bits per heavy atom. The molecular weight excluding hydrogens is 620 g/mol. The van der Waals surface area contributed by atoms with E-state index in [0.717, 1.165) is 0 Å². The highest BCUT2D eigenvalue weighted by atomic mass is 35.5. The summed E-state index contributed by atoms with van der Waals surface area (Å²) in [6, 6.07) is 11.5. The van der Waals surface area contributed by atoms with Gasteiger partial charge < -0.3 is 10.6 Å². The van der Waals surface area contributed by atoms with Gasteiger partial charge in [0, 0.05) is 25.0 Å². The lowest BCUT2D eigenvalue weighted by molar-refractivity contribution is -0.248. The number of carbonyl (C=O) groups excluding carboxylic acids is 1. The van der Waals surface area contributed by atoms with Crippen LogP contribution < -0.4 is 10.6 Å². The smallest absolute Gasteiger partial charge is 0.360 e. The van der Waals surface area contributed by atoms with Gasteiger partial charge in [0.15, 0.2) is 0 Å². The first kappa shape index (κ1) is 31.3. The zero-order valence-corrected chi connectivity index (χ0v) is 26.0. The first-order chi connectivity index (χ1) is 20.6. The summed E-state index contributed by atoms with van der Waals surface area (Å²) in [7, 11) is -3.99. The minimum atomic E-state index is -4.39. The average Bonchev–Trinajstić information content (AvgIpc) is 3.21. The molecule has 2 aromatic carbocycles. The van der Waals surface area contributed by atoms with E-state index in [1.54, 1.807) is 38.1 Å². The molecule has 2 atom stereocenters. The number of aliphatic imine (C=N–C) groups is 1. The highest BCUT2D eigenvalue weighted by Gasteiger charge is 2.70. The van der Waals surface area contributed by atoms with Crippen LogP contribution in [0.2, 0.25) is 5.02 Å². The number of benzene rings is 2. The van der Waals surface area contributed by atoms with Crippen LogP contribution in [-0.4, -0.2) is 54.3 Å². The average molecular weight is 655 g/mol. The fraction of sp³-hybridized carbons (Fsp3) is 0.548. The maximum absolute atomic E-state index is 14.4. The van der Waals surface area contributed by atoms with Crippen LogP contribution in [0, 0.1) is 23.1 Å². The fourth-order valence-corrected chi connectivity index (χ4v) is 9.27. The van der Waals surface area contributed by atoms with Crippen LogP contribution in [0.3, 0.4) is 0 Å². The Morgan fingerprint density at radius 2 is 1.82 bits per heavy atom. The second-order valence-corrected chi connectivity index (χ2v) is 15.6. The van der Waals surface area contributed by atoms with Crippen molar-refractivity contribution in [3.63, 3.8) is 0 Å². The molecule has 1 aliphatic heterocycles. The molecule has 44 heavy (non-hydrogen) atoms. The molecule has 1 heterocycles. The number of alkyl halides is 3. The lowest BCUT2D eigenvalue weighted by Crippen LogP contribution is -2.76. The van der Waals surface area contributed by atoms with Crippen LogP contribution in [0.1, 0.15) is 57.9 Å². The Balaban J connectivity index is 1.20. The highest BCUT2D eigenvalue weighted by Crippen LogP contribution is 2.67. The first-order valence-electron chi connectivity index (χ1n) is 14.8. The molecule has 2 bridgehead atoms. The van der Waals surface area contributed by atoms with Crippen LogP contribution in [0.4, 0.5) is 17.6 Å². The number of hydrogen-bond donors (Lipinski definition) is 2. The van der Waals surface area contributed by atoms with Gasteiger partial charge in [0.05, 0.1) is 26.7 Å². The van der Waals surface area contributed by atoms with Crippen molar-refractivity contribution >= 4 is 33.4 Å². The summed E-state index contributed by atoms with van der Waals surface area (Å²) in [6.45, 7) is 2.98. The van der Waals surface area contributed by atoms with Gasteiger partial charge in [-0.1, -0.05) is 42.3 Å². The molecule has 4 aliphatic carbocycles. The van der Waals surface area contributed by atoms with E-state index >= 15 is 0 Å². The summed E-state index contributed by atoms with van der Waals surface area (Å²) < 4.78 is 84.9. The van der Waals surface area contributed by atoms with Crippen molar-refractivity contribution in [1.29, 1.82) is 0 Å². The molecule has 1 unspecified atom stereocenters. The molecule has 1 amide bonds. The van der Waals surface area contributed by atoms with Gasteiger partial charge in [-0.25, -0.2) is 12.8 Å². The number of sulfonamides is 1. The quantitative estimate of drug-likeness (QED) is 0.315. The minimum Gasteiger partial charge on any atom is -0.360 e. The lowest BCUT2D eigenvalue weighted by Gasteiger charge is -2.71. The van der Waals surface area contributed by atoms with Gasteiger partial charge in [-0.05, 0) is 81.2 Å². The zero-order valence-electron chi connectivity index (χ0n) is 24.4. The third-order valence-corrected chi connectivity index (χ3v) is 12.5. The van der Waals surface area contributed by atoms with Gasteiger partial charge >= 0.3 is 6.18 Å². The van der Waals surface area contributed by atoms with Gasteiger partial charge in [-0.3, -0.25) is 9.79 Å². The largest absolute Gasteiger partial charge is 0.396 e. The predicted molar refractivity (Wildman–Crippen MR) is 158 cm³/mol. The fourth-order valence-electron chi connectivity index (χ4n) is 7.31. The van der Waals surface area contributed by atoms with E-state index in [4.69, 9.17) is 16.6 Å². The SMILES string of the molecule is CC1(C)N=C(CC2C3CC2(N(Cc2ccc(Cl)c(F)c2)S(=O)(=O)c2ccccc2)C3)N[C@H]1C(=O)NCC1(C(F)(F)F)CCC1. The molecule has 13 heteroatoms. The Bertz CT molecular complexity index is 1590. The van der Waals surface area contributed by atoms with Crippen LogP contribution in [0.5, 0.6) is 0 Å². The standard InChI is InChI=1S/C31H35ClF4N4O3S/c1-28(2)26(27(41)37-18-29(11-6-12-29)31(34,35)36)38-25(39-28)14-22-20-15-30(22,16-20)40(17-19-9-10-23(32)24(33)13-19)44(42,43)21-7-4-3-5-8-21/h3-5,7-10,13,20,22,26H,6,11-12,14-18H2,1-2H3,(H,37,41)(H,38,39)/t20?,22?,26-,30?/m0/s1. The van der Waals surface area contributed by atoms with Gasteiger partial charge in [-0.2, -0.15) is 17.5 Å². The molecule has 238 valence electrons. The van der Waals surface area contributed by atoms with E-state index in [1.165, 1.54) is 28.6 Å². The predicted octanol–water partition coefficient (Wildman–Crippen LogP) is 5.84. The zero-order chi connectivity index (χ0) is 31.7. The summed E-state index contributed by atoms with van der Waals surface area (Å²) in [5.41, 5.74) is -3.06. The van der Waals surface area contributed by atoms with Crippen molar-refractivity contribution in [2.45, 2.75) is 87.1 Å². The molecule has 4 saturated carbocycles. The highest BCUT2D eigenvalue weighted by molar-refractivity contribution is 7.89. The Morgan fingerprint density at radius 1 is 1.14 bits per heavy atom. The van der Waals surface area contributed by atoms with Gasteiger partial charge in [0.25, 0.3) is 0 Å². The van der Waals surface area contributed by atoms with E-state index in [0.29, 0.717) is 37.1 Å². The van der Waals surface area contributed by atoms with Gasteiger partial charge in [0.1, 0.15) is 11.9 Å². The van der Waals surface area contributed by atoms with Crippen LogP contribution >= 0.6 is 11.6 Å². The normalized spacial score (nSPS) is 28.3. The number of nitrogens with zero attached hydrogens (tertiary/aromatic N) is 2. The molecule has 5 aliphatic rings. The van der Waals surface area contributed by atoms with Crippen molar-refractivity contribution in [2.75, 3.05) is 6.54 Å². The lowest BCUT2D eigenvalue weighted by atomic mass is 9.41. The third kappa shape index (κ3) is 5.10. The first-order valence-corrected chi connectivity index (χ1v) is 16.6. The number of rotatable bonds is 10. The Kier molecular flexibility index (Phi) is 7.60. The van der Waals surface area contributed by atoms with Crippen LogP contribution in [0.25, 0.3) is 0 Å². The van der Waals surface area contributed by atoms with Crippen molar-refractivity contribution < 1.29 is 30.8 Å². The molecule has 7 nitrogen and oxygen atoms in total. The molecule has 4 fully saturated rings. The second kappa shape index (κ2) is 10.7. The van der Waals surface area contributed by atoms with E-state index in [2.05, 4.69) is 10.6 Å². The summed E-state index contributed by atoms with van der Waals surface area (Å²) in [4.78, 5) is 18.0. The molecular formula is C31H35ClF4N4O3S. The second-order valence-electron chi connectivity index (χ2n) is 13.3. The van der Waals surface area contributed by atoms with E-state index < -0.39 is 57.0 Å². The molecule has 0 radical (unpaired) electrons. The number of halogens is 5. The van der Waals surface area contributed by atoms with Crippen LogP contribution in [0.15, 0.2) is 58.4 Å². The summed E-state index contributed by atoms with van der Waals surface area (Å²) in [5.74, 6) is -0.514. The number of amides is 1. The molecule has 0 aromatic heterocycles. The maximum atomic E-state index is 14.4. The Labute approximate surface area is 259 Å². The topological polar surface area (TPSA) is 90.9 Å². The van der Waals surface area contributed by atoms with Crippen molar-refractivity contribution in [1.82, 2.24) is 14.9 Å². The molecule has 7 rings (SSSR count). The van der Waals surface area contributed by atoms with Gasteiger partial charge in [-0.15, -0.1) is 0 Å². The van der Waals surface area contributed by atoms with E-state index in [9.17, 15) is 30.8 Å². The summed E-state index contributed by atoms with van der Waals surface area (Å²) >= 11 is 5.88. The molecule has 0 saturated heterocycles. The molecule has 0 spiro atoms. The van der Waals surface area contributed by atoms with Gasteiger partial charge in [0.2, 0.25) is 15.9 Å². The summed E-state index contributed by atoms with van der Waals surface area (Å²) in [5, 5.41) is 5.62. The number of hydrogen-bond acceptors (Lipinski definition) is 5. The summed E-state index contributed by atoms with van der Waals surface area (Å²) in [6.07, 6.45) is -2.27. The van der Waals surface area contributed by atoms with Crippen molar-refractivity contribution in [3.05, 3.63) is 64.9 Å². The van der Waals surface area contributed by atoms with E-state index in [1.807, 2.05) is 0 Å². The number of amidine groups is 1. The van der Waals surface area contributed by atoms with Crippen molar-refractivity contribution in [3.8, 4) is 0 Å². The third-order valence-electron chi connectivity index (χ3n) is 10.3. The maximum Gasteiger partial charge on any atom is 0.396 e. The number of carbonyl (C=O) groups is 1. The molecule has 2 aromatic rings. The van der Waals surface area contributed by atoms with Crippen molar-refractivity contribution in [2.24, 2.45) is 22.2 Å². The van der Waals surface area contributed by atoms with Crippen LogP contribution in [-0.2, 0) is 21.4 Å².